The van der Waals surface area contributed by atoms with Crippen LogP contribution >= 0.6 is 11.6 Å². The smallest absolute Gasteiger partial charge is 0.241 e. The average molecular weight is 280 g/mol. The van der Waals surface area contributed by atoms with Crippen LogP contribution in [0.25, 0.3) is 0 Å². The molecule has 2 heterocycles. The van der Waals surface area contributed by atoms with E-state index >= 15 is 0 Å². The zero-order valence-electron chi connectivity index (χ0n) is 10.8. The number of amides is 1. The highest BCUT2D eigenvalue weighted by molar-refractivity contribution is 6.31. The van der Waals surface area contributed by atoms with E-state index in [0.717, 1.165) is 49.9 Å². The minimum absolute atomic E-state index is 0.0927. The lowest BCUT2D eigenvalue weighted by Crippen LogP contribution is -2.49. The maximum absolute atomic E-state index is 11.9. The maximum Gasteiger partial charge on any atom is 0.241 e. The van der Waals surface area contributed by atoms with Gasteiger partial charge in [-0.1, -0.05) is 29.8 Å². The summed E-state index contributed by atoms with van der Waals surface area (Å²) in [4.78, 5) is 16.2. The Morgan fingerprint density at radius 1 is 1.26 bits per heavy atom. The lowest BCUT2D eigenvalue weighted by atomic mass is 10.2. The van der Waals surface area contributed by atoms with Crippen LogP contribution in [0.3, 0.4) is 0 Å². The first-order chi connectivity index (χ1) is 9.24. The standard InChI is InChI=1S/C14H18ClN3O/c15-12-4-2-1-3-11(12)10-17-5-7-18(8-6-17)14(19)13-9-16-13/h1-4,13,16H,5-10H2/t13-/m1/s1. The molecule has 5 heteroatoms. The fourth-order valence-corrected chi connectivity index (χ4v) is 2.64. The topological polar surface area (TPSA) is 45.5 Å². The monoisotopic (exact) mass is 279 g/mol. The number of carbonyl (C=O) groups is 1. The predicted octanol–water partition coefficient (Wildman–Crippen LogP) is 0.956. The molecule has 0 saturated carbocycles. The van der Waals surface area contributed by atoms with Crippen molar-refractivity contribution in [2.75, 3.05) is 32.7 Å². The summed E-state index contributed by atoms with van der Waals surface area (Å²) in [7, 11) is 0. The molecule has 2 aliphatic heterocycles. The Morgan fingerprint density at radius 2 is 1.95 bits per heavy atom. The molecule has 1 aromatic carbocycles. The van der Waals surface area contributed by atoms with E-state index in [1.807, 2.05) is 23.1 Å². The van der Waals surface area contributed by atoms with E-state index in [-0.39, 0.29) is 11.9 Å². The third-order valence-electron chi connectivity index (χ3n) is 3.74. The zero-order chi connectivity index (χ0) is 13.2. The first-order valence-electron chi connectivity index (χ1n) is 6.72. The number of hydrogen-bond donors (Lipinski definition) is 1. The average Bonchev–Trinajstić information content (AvgIpc) is 3.26. The third-order valence-corrected chi connectivity index (χ3v) is 4.11. The molecule has 2 aliphatic rings. The molecule has 4 nitrogen and oxygen atoms in total. The van der Waals surface area contributed by atoms with Gasteiger partial charge in [0.05, 0.1) is 6.04 Å². The zero-order valence-corrected chi connectivity index (χ0v) is 11.6. The fourth-order valence-electron chi connectivity index (χ4n) is 2.45. The summed E-state index contributed by atoms with van der Waals surface area (Å²) in [6.45, 7) is 5.19. The highest BCUT2D eigenvalue weighted by atomic mass is 35.5. The minimum atomic E-state index is 0.0927. The Hall–Kier alpha value is -1.10. The van der Waals surface area contributed by atoms with Crippen LogP contribution in [-0.4, -0.2) is 54.5 Å². The van der Waals surface area contributed by atoms with Crippen molar-refractivity contribution in [3.8, 4) is 0 Å². The highest BCUT2D eigenvalue weighted by Gasteiger charge is 2.34. The normalized spacial score (nSPS) is 23.4. The second kappa shape index (κ2) is 5.49. The van der Waals surface area contributed by atoms with Crippen molar-refractivity contribution in [1.29, 1.82) is 0 Å². The summed E-state index contributed by atoms with van der Waals surface area (Å²) in [6.07, 6.45) is 0. The molecule has 1 atom stereocenters. The molecule has 3 rings (SSSR count). The van der Waals surface area contributed by atoms with Crippen LogP contribution in [0, 0.1) is 0 Å². The fraction of sp³-hybridized carbons (Fsp3) is 0.500. The molecular formula is C14H18ClN3O. The molecule has 1 N–H and O–H groups in total. The SMILES string of the molecule is O=C([C@H]1CN1)N1CCN(Cc2ccccc2Cl)CC1. The highest BCUT2D eigenvalue weighted by Crippen LogP contribution is 2.18. The molecule has 2 fully saturated rings. The number of rotatable bonds is 3. The van der Waals surface area contributed by atoms with Gasteiger partial charge >= 0.3 is 0 Å². The van der Waals surface area contributed by atoms with E-state index in [4.69, 9.17) is 11.6 Å². The van der Waals surface area contributed by atoms with Crippen molar-refractivity contribution in [3.05, 3.63) is 34.9 Å². The van der Waals surface area contributed by atoms with Gasteiger partial charge in [0.1, 0.15) is 0 Å². The quantitative estimate of drug-likeness (QED) is 0.838. The van der Waals surface area contributed by atoms with Crippen molar-refractivity contribution in [2.24, 2.45) is 0 Å². The number of nitrogens with one attached hydrogen (secondary N) is 1. The molecular weight excluding hydrogens is 262 g/mol. The summed E-state index contributed by atoms with van der Waals surface area (Å²) in [5.41, 5.74) is 1.16. The van der Waals surface area contributed by atoms with Gasteiger partial charge in [0, 0.05) is 44.3 Å². The second-order valence-electron chi connectivity index (χ2n) is 5.15. The van der Waals surface area contributed by atoms with Crippen molar-refractivity contribution in [3.63, 3.8) is 0 Å². The molecule has 0 unspecified atom stereocenters. The van der Waals surface area contributed by atoms with Gasteiger partial charge in [-0.25, -0.2) is 0 Å². The van der Waals surface area contributed by atoms with Gasteiger partial charge in [-0.05, 0) is 11.6 Å². The summed E-state index contributed by atoms with van der Waals surface area (Å²) in [5.74, 6) is 0.261. The van der Waals surface area contributed by atoms with Crippen LogP contribution in [0.5, 0.6) is 0 Å². The van der Waals surface area contributed by atoms with E-state index < -0.39 is 0 Å². The Labute approximate surface area is 118 Å². The first kappa shape index (κ1) is 12.9. The Bertz CT molecular complexity index is 468. The van der Waals surface area contributed by atoms with Crippen LogP contribution in [0.15, 0.2) is 24.3 Å². The van der Waals surface area contributed by atoms with Crippen molar-refractivity contribution < 1.29 is 4.79 Å². The summed E-state index contributed by atoms with van der Waals surface area (Å²) in [6, 6.07) is 8.05. The van der Waals surface area contributed by atoms with Gasteiger partial charge in [0.25, 0.3) is 0 Å². The molecule has 102 valence electrons. The third kappa shape index (κ3) is 3.08. The van der Waals surface area contributed by atoms with E-state index in [2.05, 4.69) is 16.3 Å². The summed E-state index contributed by atoms with van der Waals surface area (Å²) >= 11 is 6.17. The lowest BCUT2D eigenvalue weighted by molar-refractivity contribution is -0.132. The van der Waals surface area contributed by atoms with E-state index in [0.29, 0.717) is 0 Å². The van der Waals surface area contributed by atoms with Crippen molar-refractivity contribution >= 4 is 17.5 Å². The number of piperazine rings is 1. The van der Waals surface area contributed by atoms with Gasteiger partial charge in [0.15, 0.2) is 0 Å². The second-order valence-corrected chi connectivity index (χ2v) is 5.56. The van der Waals surface area contributed by atoms with Gasteiger partial charge in [0.2, 0.25) is 5.91 Å². The van der Waals surface area contributed by atoms with Gasteiger partial charge in [-0.2, -0.15) is 0 Å². The Kier molecular flexibility index (Phi) is 3.73. The number of halogens is 1. The van der Waals surface area contributed by atoms with Crippen LogP contribution in [0.2, 0.25) is 5.02 Å². The predicted molar refractivity (Wildman–Crippen MR) is 75.1 cm³/mol. The van der Waals surface area contributed by atoms with Gasteiger partial charge < -0.3 is 10.2 Å². The molecule has 2 saturated heterocycles. The lowest BCUT2D eigenvalue weighted by Gasteiger charge is -2.34. The molecule has 19 heavy (non-hydrogen) atoms. The van der Waals surface area contributed by atoms with Crippen molar-refractivity contribution in [2.45, 2.75) is 12.6 Å². The molecule has 0 bridgehead atoms. The Morgan fingerprint density at radius 3 is 2.58 bits per heavy atom. The van der Waals surface area contributed by atoms with E-state index in [1.54, 1.807) is 0 Å². The molecule has 1 aromatic rings. The molecule has 0 spiro atoms. The van der Waals surface area contributed by atoms with E-state index in [9.17, 15) is 4.79 Å². The van der Waals surface area contributed by atoms with E-state index in [1.165, 1.54) is 0 Å². The Balaban J connectivity index is 1.53. The number of hydrogen-bond acceptors (Lipinski definition) is 3. The number of benzene rings is 1. The van der Waals surface area contributed by atoms with Gasteiger partial charge in [-0.3, -0.25) is 9.69 Å². The van der Waals surface area contributed by atoms with Gasteiger partial charge in [-0.15, -0.1) is 0 Å². The van der Waals surface area contributed by atoms with Crippen molar-refractivity contribution in [1.82, 2.24) is 15.1 Å². The maximum atomic E-state index is 11.9. The largest absolute Gasteiger partial charge is 0.339 e. The first-order valence-corrected chi connectivity index (χ1v) is 7.10. The van der Waals surface area contributed by atoms with Crippen LogP contribution < -0.4 is 5.32 Å². The number of nitrogens with zero attached hydrogens (tertiary/aromatic N) is 2. The van der Waals surface area contributed by atoms with Crippen LogP contribution in [0.1, 0.15) is 5.56 Å². The molecule has 1 amide bonds. The summed E-state index contributed by atoms with van der Waals surface area (Å²) < 4.78 is 0. The molecule has 0 aliphatic carbocycles. The van der Waals surface area contributed by atoms with Crippen LogP contribution in [-0.2, 0) is 11.3 Å². The number of carbonyl (C=O) groups excluding carboxylic acids is 1. The van der Waals surface area contributed by atoms with Crippen LogP contribution in [0.4, 0.5) is 0 Å². The summed E-state index contributed by atoms with van der Waals surface area (Å²) in [5, 5.41) is 3.89. The molecule has 0 aromatic heterocycles. The minimum Gasteiger partial charge on any atom is -0.339 e. The molecule has 0 radical (unpaired) electrons.